The van der Waals surface area contributed by atoms with E-state index in [1.807, 2.05) is 12.1 Å². The Balaban J connectivity index is 1.80. The lowest BCUT2D eigenvalue weighted by Crippen LogP contribution is -1.87. The van der Waals surface area contributed by atoms with Crippen molar-refractivity contribution in [1.82, 2.24) is 0 Å². The second-order valence-electron chi connectivity index (χ2n) is 6.74. The van der Waals surface area contributed by atoms with Crippen molar-refractivity contribution in [2.24, 2.45) is 0 Å². The van der Waals surface area contributed by atoms with Crippen molar-refractivity contribution in [1.29, 1.82) is 0 Å². The van der Waals surface area contributed by atoms with Crippen molar-refractivity contribution in [3.05, 3.63) is 109 Å². The van der Waals surface area contributed by atoms with Gasteiger partial charge in [0.1, 0.15) is 5.82 Å². The minimum Gasteiger partial charge on any atom is -0.207 e. The first kappa shape index (κ1) is 15.8. The molecule has 5 aromatic rings. The Morgan fingerprint density at radius 3 is 1.74 bits per heavy atom. The Morgan fingerprint density at radius 2 is 0.963 bits per heavy atom. The second-order valence-corrected chi connectivity index (χ2v) is 6.74. The first-order chi connectivity index (χ1) is 13.3. The van der Waals surface area contributed by atoms with Crippen LogP contribution in [0.25, 0.3) is 43.8 Å². The summed E-state index contributed by atoms with van der Waals surface area (Å²) in [6, 6.07) is 34.4. The summed E-state index contributed by atoms with van der Waals surface area (Å²) >= 11 is 0. The van der Waals surface area contributed by atoms with Gasteiger partial charge in [-0.05, 0) is 55.9 Å². The van der Waals surface area contributed by atoms with Gasteiger partial charge >= 0.3 is 0 Å². The predicted octanol–water partition coefficient (Wildman–Crippen LogP) is 7.47. The summed E-state index contributed by atoms with van der Waals surface area (Å²) < 4.78 is 13.4. The van der Waals surface area contributed by atoms with E-state index in [2.05, 4.69) is 78.9 Å². The molecule has 5 rings (SSSR count). The molecule has 0 saturated carbocycles. The summed E-state index contributed by atoms with van der Waals surface area (Å²) in [6.07, 6.45) is 0. The fraction of sp³-hybridized carbons (Fsp3) is 0. The molecule has 0 nitrogen and oxygen atoms in total. The molecule has 0 radical (unpaired) electrons. The van der Waals surface area contributed by atoms with Gasteiger partial charge in [-0.15, -0.1) is 0 Å². The molecule has 0 saturated heterocycles. The maximum absolute atomic E-state index is 13.4. The zero-order valence-corrected chi connectivity index (χ0v) is 14.7. The second kappa shape index (κ2) is 6.37. The quantitative estimate of drug-likeness (QED) is 0.310. The maximum Gasteiger partial charge on any atom is 0.123 e. The molecular formula is C26H17F. The van der Waals surface area contributed by atoms with Crippen molar-refractivity contribution in [3.63, 3.8) is 0 Å². The minimum absolute atomic E-state index is 0.213. The Labute approximate surface area is 157 Å². The van der Waals surface area contributed by atoms with E-state index in [0.717, 1.165) is 11.1 Å². The fourth-order valence-electron chi connectivity index (χ4n) is 3.88. The lowest BCUT2D eigenvalue weighted by atomic mass is 9.90. The zero-order valence-electron chi connectivity index (χ0n) is 14.7. The minimum atomic E-state index is -0.213. The average Bonchev–Trinajstić information content (AvgIpc) is 2.73. The molecule has 1 heteroatoms. The maximum atomic E-state index is 13.4. The van der Waals surface area contributed by atoms with E-state index in [1.165, 1.54) is 44.8 Å². The molecule has 27 heavy (non-hydrogen) atoms. The molecule has 0 aliphatic heterocycles. The standard InChI is InChI=1S/C26H17F/c27-20-14-12-19(13-15-20)22-16-17-26(25-10-4-3-9-23(22)25)24-11-5-7-18-6-1-2-8-21(18)24/h1-17H. The number of rotatable bonds is 2. The van der Waals surface area contributed by atoms with Crippen LogP contribution in [0.1, 0.15) is 0 Å². The molecule has 0 N–H and O–H groups in total. The summed E-state index contributed by atoms with van der Waals surface area (Å²) in [4.78, 5) is 0. The molecule has 128 valence electrons. The molecule has 0 spiro atoms. The summed E-state index contributed by atoms with van der Waals surface area (Å²) in [6.45, 7) is 0. The van der Waals surface area contributed by atoms with Gasteiger partial charge in [0.05, 0.1) is 0 Å². The van der Waals surface area contributed by atoms with Crippen LogP contribution in [0.5, 0.6) is 0 Å². The first-order valence-electron chi connectivity index (χ1n) is 9.07. The number of hydrogen-bond acceptors (Lipinski definition) is 0. The molecule has 0 aromatic heterocycles. The van der Waals surface area contributed by atoms with Crippen LogP contribution in [0, 0.1) is 5.82 Å². The SMILES string of the molecule is Fc1ccc(-c2ccc(-c3cccc4ccccc34)c3ccccc23)cc1. The Kier molecular flexibility index (Phi) is 3.72. The third kappa shape index (κ3) is 2.69. The third-order valence-corrected chi connectivity index (χ3v) is 5.16. The molecule has 0 aliphatic carbocycles. The highest BCUT2D eigenvalue weighted by Gasteiger charge is 2.11. The average molecular weight is 348 g/mol. The van der Waals surface area contributed by atoms with E-state index in [9.17, 15) is 4.39 Å². The van der Waals surface area contributed by atoms with Crippen molar-refractivity contribution >= 4 is 21.5 Å². The van der Waals surface area contributed by atoms with Crippen LogP contribution in [0.3, 0.4) is 0 Å². The van der Waals surface area contributed by atoms with Gasteiger partial charge in [0.2, 0.25) is 0 Å². The van der Waals surface area contributed by atoms with Gasteiger partial charge in [0.15, 0.2) is 0 Å². The Hall–Kier alpha value is -3.45. The van der Waals surface area contributed by atoms with Gasteiger partial charge < -0.3 is 0 Å². The van der Waals surface area contributed by atoms with Crippen molar-refractivity contribution in [2.75, 3.05) is 0 Å². The van der Waals surface area contributed by atoms with Gasteiger partial charge in [-0.2, -0.15) is 0 Å². The summed E-state index contributed by atoms with van der Waals surface area (Å²) in [5, 5.41) is 4.87. The normalized spacial score (nSPS) is 11.1. The zero-order chi connectivity index (χ0) is 18.2. The molecule has 0 unspecified atom stereocenters. The van der Waals surface area contributed by atoms with Crippen molar-refractivity contribution < 1.29 is 4.39 Å². The van der Waals surface area contributed by atoms with Crippen molar-refractivity contribution in [3.8, 4) is 22.3 Å². The van der Waals surface area contributed by atoms with Crippen LogP contribution in [0.4, 0.5) is 4.39 Å². The third-order valence-electron chi connectivity index (χ3n) is 5.16. The van der Waals surface area contributed by atoms with E-state index >= 15 is 0 Å². The van der Waals surface area contributed by atoms with Crippen LogP contribution >= 0.6 is 0 Å². The van der Waals surface area contributed by atoms with Gasteiger partial charge in [0, 0.05) is 0 Å². The summed E-state index contributed by atoms with van der Waals surface area (Å²) in [5.74, 6) is -0.213. The largest absolute Gasteiger partial charge is 0.207 e. The van der Waals surface area contributed by atoms with E-state index in [0.29, 0.717) is 0 Å². The van der Waals surface area contributed by atoms with Crippen LogP contribution in [-0.4, -0.2) is 0 Å². The van der Waals surface area contributed by atoms with Gasteiger partial charge in [-0.25, -0.2) is 4.39 Å². The predicted molar refractivity (Wildman–Crippen MR) is 112 cm³/mol. The highest BCUT2D eigenvalue weighted by Crippen LogP contribution is 2.38. The fourth-order valence-corrected chi connectivity index (χ4v) is 3.88. The molecule has 0 aliphatic rings. The van der Waals surface area contributed by atoms with E-state index in [-0.39, 0.29) is 5.82 Å². The molecule has 0 atom stereocenters. The molecule has 0 heterocycles. The summed E-state index contributed by atoms with van der Waals surface area (Å²) in [5.41, 5.74) is 4.59. The van der Waals surface area contributed by atoms with Gasteiger partial charge in [-0.3, -0.25) is 0 Å². The molecule has 0 fully saturated rings. The number of benzene rings is 5. The highest BCUT2D eigenvalue weighted by molar-refractivity contribution is 6.09. The van der Waals surface area contributed by atoms with Crippen LogP contribution in [0.2, 0.25) is 0 Å². The highest BCUT2D eigenvalue weighted by atomic mass is 19.1. The van der Waals surface area contributed by atoms with Gasteiger partial charge in [-0.1, -0.05) is 91.0 Å². The topological polar surface area (TPSA) is 0 Å². The van der Waals surface area contributed by atoms with Crippen LogP contribution < -0.4 is 0 Å². The van der Waals surface area contributed by atoms with Gasteiger partial charge in [0.25, 0.3) is 0 Å². The van der Waals surface area contributed by atoms with Crippen LogP contribution in [0.15, 0.2) is 103 Å². The molecule has 5 aromatic carbocycles. The molecular weight excluding hydrogens is 331 g/mol. The van der Waals surface area contributed by atoms with E-state index in [4.69, 9.17) is 0 Å². The Bertz CT molecular complexity index is 1260. The smallest absolute Gasteiger partial charge is 0.123 e. The summed E-state index contributed by atoms with van der Waals surface area (Å²) in [7, 11) is 0. The molecule has 0 bridgehead atoms. The van der Waals surface area contributed by atoms with E-state index in [1.54, 1.807) is 0 Å². The molecule has 0 amide bonds. The van der Waals surface area contributed by atoms with E-state index < -0.39 is 0 Å². The number of fused-ring (bicyclic) bond motifs is 2. The van der Waals surface area contributed by atoms with Crippen LogP contribution in [-0.2, 0) is 0 Å². The number of hydrogen-bond donors (Lipinski definition) is 0. The first-order valence-corrected chi connectivity index (χ1v) is 9.07. The lowest BCUT2D eigenvalue weighted by molar-refractivity contribution is 0.628. The Morgan fingerprint density at radius 1 is 0.407 bits per heavy atom. The lowest BCUT2D eigenvalue weighted by Gasteiger charge is -2.14. The van der Waals surface area contributed by atoms with Crippen molar-refractivity contribution in [2.45, 2.75) is 0 Å². The monoisotopic (exact) mass is 348 g/mol. The number of halogens is 1.